The van der Waals surface area contributed by atoms with Gasteiger partial charge in [-0.1, -0.05) is 12.1 Å². The second-order valence-corrected chi connectivity index (χ2v) is 5.21. The minimum absolute atomic E-state index is 0.102. The van der Waals surface area contributed by atoms with E-state index in [9.17, 15) is 9.18 Å². The first kappa shape index (κ1) is 15.9. The van der Waals surface area contributed by atoms with Crippen molar-refractivity contribution in [2.45, 2.75) is 0 Å². The first-order valence-electron chi connectivity index (χ1n) is 7.38. The van der Waals surface area contributed by atoms with Crippen LogP contribution in [0.2, 0.25) is 0 Å². The molecular weight excluding hydrogens is 271 g/mol. The van der Waals surface area contributed by atoms with Crippen molar-refractivity contribution in [3.05, 3.63) is 35.6 Å². The van der Waals surface area contributed by atoms with Crippen LogP contribution in [0.5, 0.6) is 0 Å². The molecule has 1 heterocycles. The Bertz CT molecular complexity index is 461. The molecule has 0 unspecified atom stereocenters. The van der Waals surface area contributed by atoms with E-state index in [-0.39, 0.29) is 11.5 Å². The Morgan fingerprint density at radius 3 is 2.38 bits per heavy atom. The van der Waals surface area contributed by atoms with Crippen molar-refractivity contribution in [2.75, 3.05) is 52.4 Å². The molecule has 0 spiro atoms. The summed E-state index contributed by atoms with van der Waals surface area (Å²) in [6, 6.07) is 6.03. The summed E-state index contributed by atoms with van der Waals surface area (Å²) in [6.07, 6.45) is 0. The van der Waals surface area contributed by atoms with Crippen LogP contribution in [0, 0.1) is 5.82 Å². The number of nitrogens with one attached hydrogen (secondary N) is 1. The first-order chi connectivity index (χ1) is 10.2. The highest BCUT2D eigenvalue weighted by Crippen LogP contribution is 2.05. The fourth-order valence-corrected chi connectivity index (χ4v) is 2.49. The minimum Gasteiger partial charge on any atom is -0.351 e. The summed E-state index contributed by atoms with van der Waals surface area (Å²) in [5, 5.41) is 2.77. The number of hydrogen-bond acceptors (Lipinski definition) is 4. The Hall–Kier alpha value is -1.50. The topological polar surface area (TPSA) is 61.6 Å². The molecule has 6 heteroatoms. The van der Waals surface area contributed by atoms with Gasteiger partial charge >= 0.3 is 0 Å². The van der Waals surface area contributed by atoms with Crippen LogP contribution in [0.4, 0.5) is 4.39 Å². The Morgan fingerprint density at radius 1 is 1.14 bits per heavy atom. The molecule has 116 valence electrons. The second-order valence-electron chi connectivity index (χ2n) is 5.21. The van der Waals surface area contributed by atoms with Gasteiger partial charge in [-0.15, -0.1) is 0 Å². The van der Waals surface area contributed by atoms with Crippen LogP contribution in [0.3, 0.4) is 0 Å². The van der Waals surface area contributed by atoms with Gasteiger partial charge in [-0.2, -0.15) is 0 Å². The predicted octanol–water partition coefficient (Wildman–Crippen LogP) is 0.132. The molecule has 1 saturated heterocycles. The summed E-state index contributed by atoms with van der Waals surface area (Å²) in [5.41, 5.74) is 5.64. The predicted molar refractivity (Wildman–Crippen MR) is 80.7 cm³/mol. The highest BCUT2D eigenvalue weighted by molar-refractivity contribution is 5.94. The van der Waals surface area contributed by atoms with Gasteiger partial charge in [0.25, 0.3) is 5.91 Å². The van der Waals surface area contributed by atoms with Crippen molar-refractivity contribution in [2.24, 2.45) is 5.73 Å². The molecule has 1 aromatic carbocycles. The molecule has 21 heavy (non-hydrogen) atoms. The SMILES string of the molecule is NCCN1CCN(CCNC(=O)c2ccccc2F)CC1. The summed E-state index contributed by atoms with van der Waals surface area (Å²) < 4.78 is 13.5. The third-order valence-electron chi connectivity index (χ3n) is 3.74. The normalized spacial score (nSPS) is 16.9. The Labute approximate surface area is 124 Å². The van der Waals surface area contributed by atoms with Crippen LogP contribution in [-0.4, -0.2) is 68.1 Å². The first-order valence-corrected chi connectivity index (χ1v) is 7.38. The highest BCUT2D eigenvalue weighted by Gasteiger charge is 2.16. The van der Waals surface area contributed by atoms with Crippen LogP contribution in [-0.2, 0) is 0 Å². The average Bonchev–Trinajstić information content (AvgIpc) is 2.49. The molecule has 0 bridgehead atoms. The van der Waals surface area contributed by atoms with Crippen LogP contribution in [0.15, 0.2) is 24.3 Å². The lowest BCUT2D eigenvalue weighted by Gasteiger charge is -2.34. The van der Waals surface area contributed by atoms with E-state index >= 15 is 0 Å². The van der Waals surface area contributed by atoms with E-state index in [1.165, 1.54) is 12.1 Å². The zero-order valence-corrected chi connectivity index (χ0v) is 12.2. The monoisotopic (exact) mass is 294 g/mol. The molecule has 0 atom stereocenters. The molecule has 3 N–H and O–H groups in total. The smallest absolute Gasteiger partial charge is 0.254 e. The van der Waals surface area contributed by atoms with Gasteiger partial charge in [-0.05, 0) is 12.1 Å². The zero-order valence-electron chi connectivity index (χ0n) is 12.2. The van der Waals surface area contributed by atoms with Gasteiger partial charge in [0, 0.05) is 52.4 Å². The van der Waals surface area contributed by atoms with Gasteiger partial charge in [0.2, 0.25) is 0 Å². The zero-order chi connectivity index (χ0) is 15.1. The van der Waals surface area contributed by atoms with E-state index in [0.717, 1.165) is 39.3 Å². The molecule has 1 aliphatic heterocycles. The lowest BCUT2D eigenvalue weighted by atomic mass is 10.2. The van der Waals surface area contributed by atoms with Gasteiger partial charge in [0.1, 0.15) is 5.82 Å². The maximum Gasteiger partial charge on any atom is 0.254 e. The summed E-state index contributed by atoms with van der Waals surface area (Å²) >= 11 is 0. The number of carbonyl (C=O) groups excluding carboxylic acids is 1. The third-order valence-corrected chi connectivity index (χ3v) is 3.74. The largest absolute Gasteiger partial charge is 0.351 e. The molecule has 1 aromatic rings. The van der Waals surface area contributed by atoms with Gasteiger partial charge in [0.15, 0.2) is 0 Å². The Morgan fingerprint density at radius 2 is 1.76 bits per heavy atom. The van der Waals surface area contributed by atoms with Gasteiger partial charge in [-0.3, -0.25) is 14.6 Å². The van der Waals surface area contributed by atoms with E-state index in [4.69, 9.17) is 5.73 Å². The van der Waals surface area contributed by atoms with Gasteiger partial charge in [0.05, 0.1) is 5.56 Å². The summed E-state index contributed by atoms with van der Waals surface area (Å²) in [6.45, 7) is 6.94. The fourth-order valence-electron chi connectivity index (χ4n) is 2.49. The third kappa shape index (κ3) is 4.77. The van der Waals surface area contributed by atoms with E-state index in [1.807, 2.05) is 0 Å². The van der Waals surface area contributed by atoms with E-state index in [1.54, 1.807) is 12.1 Å². The molecule has 1 amide bonds. The molecule has 1 fully saturated rings. The van der Waals surface area contributed by atoms with Crippen molar-refractivity contribution in [1.82, 2.24) is 15.1 Å². The number of hydrogen-bond donors (Lipinski definition) is 2. The van der Waals surface area contributed by atoms with Crippen LogP contribution < -0.4 is 11.1 Å². The average molecular weight is 294 g/mol. The van der Waals surface area contributed by atoms with E-state index < -0.39 is 5.82 Å². The Kier molecular flexibility index (Phi) is 6.10. The Balaban J connectivity index is 1.68. The number of piperazine rings is 1. The van der Waals surface area contributed by atoms with Gasteiger partial charge in [-0.25, -0.2) is 4.39 Å². The van der Waals surface area contributed by atoms with E-state index in [2.05, 4.69) is 15.1 Å². The molecule has 0 saturated carbocycles. The van der Waals surface area contributed by atoms with Crippen molar-refractivity contribution in [3.8, 4) is 0 Å². The number of nitrogens with zero attached hydrogens (tertiary/aromatic N) is 2. The number of halogens is 1. The van der Waals surface area contributed by atoms with Crippen molar-refractivity contribution in [1.29, 1.82) is 0 Å². The van der Waals surface area contributed by atoms with Crippen LogP contribution >= 0.6 is 0 Å². The van der Waals surface area contributed by atoms with Crippen molar-refractivity contribution >= 4 is 5.91 Å². The number of amides is 1. The minimum atomic E-state index is -0.481. The lowest BCUT2D eigenvalue weighted by molar-refractivity contribution is 0.0933. The second kappa shape index (κ2) is 8.07. The summed E-state index contributed by atoms with van der Waals surface area (Å²) in [4.78, 5) is 16.5. The lowest BCUT2D eigenvalue weighted by Crippen LogP contribution is -2.49. The van der Waals surface area contributed by atoms with Gasteiger partial charge < -0.3 is 11.1 Å². The summed E-state index contributed by atoms with van der Waals surface area (Å²) in [5.74, 6) is -0.833. The summed E-state index contributed by atoms with van der Waals surface area (Å²) in [7, 11) is 0. The molecular formula is C15H23FN4O. The molecule has 0 aliphatic carbocycles. The van der Waals surface area contributed by atoms with Crippen molar-refractivity contribution < 1.29 is 9.18 Å². The van der Waals surface area contributed by atoms with E-state index in [0.29, 0.717) is 13.1 Å². The number of benzene rings is 1. The number of rotatable bonds is 6. The van der Waals surface area contributed by atoms with Crippen LogP contribution in [0.1, 0.15) is 10.4 Å². The van der Waals surface area contributed by atoms with Crippen molar-refractivity contribution in [3.63, 3.8) is 0 Å². The molecule has 1 aliphatic rings. The standard InChI is InChI=1S/C15H23FN4O/c16-14-4-2-1-3-13(14)15(21)18-6-8-20-11-9-19(7-5-17)10-12-20/h1-4H,5-12,17H2,(H,18,21). The molecule has 5 nitrogen and oxygen atoms in total. The quantitative estimate of drug-likeness (QED) is 0.783. The fraction of sp³-hybridized carbons (Fsp3) is 0.533. The maximum absolute atomic E-state index is 13.5. The molecule has 2 rings (SSSR count). The maximum atomic E-state index is 13.5. The van der Waals surface area contributed by atoms with Crippen LogP contribution in [0.25, 0.3) is 0 Å². The molecule has 0 aromatic heterocycles. The number of nitrogens with two attached hydrogens (primary N) is 1. The highest BCUT2D eigenvalue weighted by atomic mass is 19.1. The molecule has 0 radical (unpaired) electrons. The number of carbonyl (C=O) groups is 1.